The van der Waals surface area contributed by atoms with Crippen molar-refractivity contribution >= 4 is 23.1 Å². The van der Waals surface area contributed by atoms with Gasteiger partial charge in [0.25, 0.3) is 11.7 Å². The molecule has 1 amide bonds. The van der Waals surface area contributed by atoms with E-state index in [1.165, 1.54) is 24.1 Å². The number of aliphatic hydroxyl groups is 1. The molecular formula is C25H20FNO4. The number of hydrogen-bond donors (Lipinski definition) is 1. The molecule has 1 aliphatic heterocycles. The lowest BCUT2D eigenvalue weighted by Crippen LogP contribution is -2.29. The molecule has 31 heavy (non-hydrogen) atoms. The lowest BCUT2D eigenvalue weighted by molar-refractivity contribution is -0.132. The molecule has 1 aliphatic rings. The normalized spacial score (nSPS) is 17.8. The Bertz CT molecular complexity index is 1200. The van der Waals surface area contributed by atoms with Crippen molar-refractivity contribution < 1.29 is 23.8 Å². The van der Waals surface area contributed by atoms with E-state index in [9.17, 15) is 19.1 Å². The summed E-state index contributed by atoms with van der Waals surface area (Å²) in [5.41, 5.74) is 1.93. The van der Waals surface area contributed by atoms with E-state index in [1.807, 2.05) is 19.1 Å². The number of hydrogen-bond acceptors (Lipinski definition) is 4. The number of carbonyl (C=O) groups is 2. The topological polar surface area (TPSA) is 66.8 Å². The first-order valence-corrected chi connectivity index (χ1v) is 9.69. The number of amides is 1. The molecule has 1 fully saturated rings. The molecule has 1 saturated heterocycles. The van der Waals surface area contributed by atoms with E-state index in [-0.39, 0.29) is 16.9 Å². The summed E-state index contributed by atoms with van der Waals surface area (Å²) in [6.45, 7) is 1.86. The van der Waals surface area contributed by atoms with Crippen LogP contribution in [0.1, 0.15) is 22.7 Å². The number of methoxy groups -OCH3 is 1. The zero-order valence-electron chi connectivity index (χ0n) is 17.0. The third-order valence-electron chi connectivity index (χ3n) is 5.38. The average molecular weight is 417 g/mol. The van der Waals surface area contributed by atoms with Crippen LogP contribution in [0.5, 0.6) is 5.75 Å². The van der Waals surface area contributed by atoms with E-state index in [1.54, 1.807) is 42.5 Å². The maximum atomic E-state index is 14.0. The Labute approximate surface area is 179 Å². The van der Waals surface area contributed by atoms with Crippen molar-refractivity contribution in [1.29, 1.82) is 0 Å². The highest BCUT2D eigenvalue weighted by molar-refractivity contribution is 6.51. The second kappa shape index (κ2) is 8.07. The van der Waals surface area contributed by atoms with Crippen molar-refractivity contribution in [2.24, 2.45) is 0 Å². The number of Topliss-reactive ketones (excluding diaryl/α,β-unsaturated/α-hetero) is 1. The Balaban J connectivity index is 2.01. The van der Waals surface area contributed by atoms with E-state index < -0.39 is 29.3 Å². The number of carbonyl (C=O) groups excluding carboxylic acids is 2. The van der Waals surface area contributed by atoms with Gasteiger partial charge in [-0.25, -0.2) is 4.39 Å². The number of aryl methyl sites for hydroxylation is 1. The molecule has 3 aromatic rings. The van der Waals surface area contributed by atoms with Crippen LogP contribution in [0.15, 0.2) is 78.4 Å². The van der Waals surface area contributed by atoms with Crippen molar-refractivity contribution in [2.75, 3.05) is 12.0 Å². The van der Waals surface area contributed by atoms with Crippen LogP contribution < -0.4 is 9.64 Å². The number of para-hydroxylation sites is 1. The SMILES string of the molecule is COc1ccc(F)cc1/C(O)=C1\C(=O)C(=O)N(c2ccccc2)C1c1ccccc1C. The zero-order chi connectivity index (χ0) is 22.1. The standard InChI is InChI=1S/C25H20FNO4/c1-15-8-6-7-11-18(15)22-21(23(28)19-14-16(26)12-13-20(19)31-2)24(29)25(30)27(22)17-9-4-3-5-10-17/h3-14,22,28H,1-2H3/b23-21+. The van der Waals surface area contributed by atoms with Crippen LogP contribution in [0.25, 0.3) is 5.76 Å². The molecule has 4 rings (SSSR count). The third kappa shape index (κ3) is 3.46. The van der Waals surface area contributed by atoms with Crippen molar-refractivity contribution in [3.8, 4) is 5.75 Å². The van der Waals surface area contributed by atoms with Gasteiger partial charge in [-0.1, -0.05) is 42.5 Å². The number of rotatable bonds is 4. The first kappa shape index (κ1) is 20.3. The lowest BCUT2D eigenvalue weighted by Gasteiger charge is -2.26. The highest BCUT2D eigenvalue weighted by Crippen LogP contribution is 2.44. The summed E-state index contributed by atoms with van der Waals surface area (Å²) in [7, 11) is 1.38. The van der Waals surface area contributed by atoms with Crippen molar-refractivity contribution in [3.63, 3.8) is 0 Å². The molecule has 1 atom stereocenters. The van der Waals surface area contributed by atoms with Crippen LogP contribution in [-0.2, 0) is 9.59 Å². The number of halogens is 1. The summed E-state index contributed by atoms with van der Waals surface area (Å²) in [6, 6.07) is 18.9. The number of ether oxygens (including phenoxy) is 1. The maximum Gasteiger partial charge on any atom is 0.300 e. The minimum absolute atomic E-state index is 0.00662. The molecule has 3 aromatic carbocycles. The van der Waals surface area contributed by atoms with Gasteiger partial charge >= 0.3 is 0 Å². The van der Waals surface area contributed by atoms with Crippen LogP contribution in [0, 0.1) is 12.7 Å². The number of ketones is 1. The minimum Gasteiger partial charge on any atom is -0.507 e. The molecule has 1 heterocycles. The summed E-state index contributed by atoms with van der Waals surface area (Å²) in [5, 5.41) is 11.2. The van der Waals surface area contributed by atoms with Crippen LogP contribution in [-0.4, -0.2) is 23.9 Å². The summed E-state index contributed by atoms with van der Waals surface area (Å²) in [5.74, 6) is -2.51. The Morgan fingerprint density at radius 2 is 1.68 bits per heavy atom. The van der Waals surface area contributed by atoms with Gasteiger partial charge in [-0.2, -0.15) is 0 Å². The Hall–Kier alpha value is -3.93. The van der Waals surface area contributed by atoms with Crippen LogP contribution in [0.4, 0.5) is 10.1 Å². The van der Waals surface area contributed by atoms with Crippen molar-refractivity contribution in [1.82, 2.24) is 0 Å². The predicted octanol–water partition coefficient (Wildman–Crippen LogP) is 4.77. The number of aliphatic hydroxyl groups excluding tert-OH is 1. The van der Waals surface area contributed by atoms with Crippen LogP contribution in [0.3, 0.4) is 0 Å². The first-order chi connectivity index (χ1) is 14.9. The molecule has 0 aromatic heterocycles. The fourth-order valence-corrected chi connectivity index (χ4v) is 3.89. The molecule has 156 valence electrons. The van der Waals surface area contributed by atoms with Gasteiger partial charge in [0.05, 0.1) is 24.3 Å². The first-order valence-electron chi connectivity index (χ1n) is 9.69. The van der Waals surface area contributed by atoms with Gasteiger partial charge in [0.1, 0.15) is 17.3 Å². The Morgan fingerprint density at radius 3 is 2.35 bits per heavy atom. The van der Waals surface area contributed by atoms with E-state index in [0.717, 1.165) is 11.6 Å². The fourth-order valence-electron chi connectivity index (χ4n) is 3.89. The van der Waals surface area contributed by atoms with Gasteiger partial charge in [-0.15, -0.1) is 0 Å². The molecule has 0 saturated carbocycles. The van der Waals surface area contributed by atoms with Gasteiger partial charge in [0.2, 0.25) is 0 Å². The monoisotopic (exact) mass is 417 g/mol. The fraction of sp³-hybridized carbons (Fsp3) is 0.120. The lowest BCUT2D eigenvalue weighted by atomic mass is 9.92. The van der Waals surface area contributed by atoms with E-state index in [2.05, 4.69) is 0 Å². The van der Waals surface area contributed by atoms with E-state index in [0.29, 0.717) is 11.3 Å². The average Bonchev–Trinajstić information content (AvgIpc) is 3.04. The van der Waals surface area contributed by atoms with Crippen molar-refractivity contribution in [3.05, 3.63) is 101 Å². The van der Waals surface area contributed by atoms with Crippen LogP contribution in [0.2, 0.25) is 0 Å². The van der Waals surface area contributed by atoms with Crippen molar-refractivity contribution in [2.45, 2.75) is 13.0 Å². The minimum atomic E-state index is -0.878. The molecule has 0 bridgehead atoms. The molecule has 1 unspecified atom stereocenters. The number of nitrogens with zero attached hydrogens (tertiary/aromatic N) is 1. The molecular weight excluding hydrogens is 397 g/mol. The third-order valence-corrected chi connectivity index (χ3v) is 5.38. The molecule has 5 nitrogen and oxygen atoms in total. The molecule has 0 aliphatic carbocycles. The van der Waals surface area contributed by atoms with Gasteiger partial charge in [0, 0.05) is 5.69 Å². The molecule has 6 heteroatoms. The summed E-state index contributed by atoms with van der Waals surface area (Å²) < 4.78 is 19.2. The van der Waals surface area contributed by atoms with E-state index in [4.69, 9.17) is 4.74 Å². The summed E-state index contributed by atoms with van der Waals surface area (Å²) >= 11 is 0. The largest absolute Gasteiger partial charge is 0.507 e. The van der Waals surface area contributed by atoms with E-state index >= 15 is 0 Å². The quantitative estimate of drug-likeness (QED) is 0.377. The zero-order valence-corrected chi connectivity index (χ0v) is 17.0. The highest BCUT2D eigenvalue weighted by atomic mass is 19.1. The second-order valence-corrected chi connectivity index (χ2v) is 7.21. The van der Waals surface area contributed by atoms with Gasteiger partial charge in [-0.05, 0) is 48.4 Å². The predicted molar refractivity (Wildman–Crippen MR) is 115 cm³/mol. The number of anilines is 1. The summed E-state index contributed by atoms with van der Waals surface area (Å²) in [4.78, 5) is 27.6. The van der Waals surface area contributed by atoms with Gasteiger partial charge in [-0.3, -0.25) is 14.5 Å². The molecule has 0 spiro atoms. The smallest absolute Gasteiger partial charge is 0.300 e. The Kier molecular flexibility index (Phi) is 5.29. The Morgan fingerprint density at radius 1 is 1.00 bits per heavy atom. The molecule has 0 radical (unpaired) electrons. The highest BCUT2D eigenvalue weighted by Gasteiger charge is 2.47. The maximum absolute atomic E-state index is 14.0. The summed E-state index contributed by atoms with van der Waals surface area (Å²) in [6.07, 6.45) is 0. The van der Waals surface area contributed by atoms with Gasteiger partial charge in [0.15, 0.2) is 0 Å². The molecule has 1 N–H and O–H groups in total. The second-order valence-electron chi connectivity index (χ2n) is 7.21. The van der Waals surface area contributed by atoms with Gasteiger partial charge < -0.3 is 9.84 Å². The van der Waals surface area contributed by atoms with Crippen LogP contribution >= 0.6 is 0 Å². The number of benzene rings is 3.